The van der Waals surface area contributed by atoms with Gasteiger partial charge in [-0.2, -0.15) is 0 Å². The molecule has 0 saturated carbocycles. The van der Waals surface area contributed by atoms with Crippen LogP contribution in [0, 0.1) is 6.92 Å². The number of fused-ring (bicyclic) bond motifs is 1. The molecule has 2 aromatic heterocycles. The Bertz CT molecular complexity index is 1190. The lowest BCUT2D eigenvalue weighted by atomic mass is 10.1. The van der Waals surface area contributed by atoms with Gasteiger partial charge in [0.25, 0.3) is 5.91 Å². The molecule has 30 heavy (non-hydrogen) atoms. The molecule has 3 N–H and O–H groups in total. The number of carbonyl (C=O) groups is 2. The molecule has 1 unspecified atom stereocenters. The minimum Gasteiger partial charge on any atom is -0.448 e. The first-order chi connectivity index (χ1) is 14.1. The summed E-state index contributed by atoms with van der Waals surface area (Å²) in [5.41, 5.74) is 2.49. The smallest absolute Gasteiger partial charge is 0.359 e. The lowest BCUT2D eigenvalue weighted by molar-refractivity contribution is -0.129. The summed E-state index contributed by atoms with van der Waals surface area (Å²) in [5.74, 6) is -1.12. The number of esters is 1. The Morgan fingerprint density at radius 1 is 1.20 bits per heavy atom. The number of aryl methyl sites for hydroxylation is 1. The zero-order valence-corrected chi connectivity index (χ0v) is 17.3. The van der Waals surface area contributed by atoms with Gasteiger partial charge in [0.2, 0.25) is 10.0 Å². The third kappa shape index (κ3) is 5.02. The molecule has 0 radical (unpaired) electrons. The number of primary sulfonamides is 1. The number of benzene rings is 1. The van der Waals surface area contributed by atoms with Gasteiger partial charge in [-0.05, 0) is 50.1 Å². The van der Waals surface area contributed by atoms with Crippen molar-refractivity contribution >= 4 is 27.5 Å². The molecular weight excluding hydrogens is 408 g/mol. The Morgan fingerprint density at radius 3 is 2.53 bits per heavy atom. The van der Waals surface area contributed by atoms with Crippen LogP contribution in [0.15, 0.2) is 53.6 Å². The number of nitrogens with zero attached hydrogens (tertiary/aromatic N) is 2. The third-order valence-corrected chi connectivity index (χ3v) is 5.45. The number of imidazole rings is 1. The van der Waals surface area contributed by atoms with Gasteiger partial charge in [-0.3, -0.25) is 4.79 Å². The minimum absolute atomic E-state index is 0.0259. The van der Waals surface area contributed by atoms with E-state index in [2.05, 4.69) is 10.3 Å². The van der Waals surface area contributed by atoms with E-state index in [1.165, 1.54) is 19.1 Å². The lowest BCUT2D eigenvalue weighted by Crippen LogP contribution is -2.37. The molecule has 0 spiro atoms. The molecular formula is C20H22N4O5S. The molecule has 0 fully saturated rings. The van der Waals surface area contributed by atoms with Crippen LogP contribution in [0.3, 0.4) is 0 Å². The number of nitrogens with two attached hydrogens (primary N) is 1. The van der Waals surface area contributed by atoms with E-state index in [0.29, 0.717) is 18.6 Å². The van der Waals surface area contributed by atoms with Gasteiger partial charge >= 0.3 is 5.97 Å². The van der Waals surface area contributed by atoms with Crippen LogP contribution in [0.5, 0.6) is 0 Å². The first kappa shape index (κ1) is 21.5. The van der Waals surface area contributed by atoms with E-state index in [-0.39, 0.29) is 10.6 Å². The van der Waals surface area contributed by atoms with Gasteiger partial charge in [-0.25, -0.2) is 23.3 Å². The maximum atomic E-state index is 12.3. The largest absolute Gasteiger partial charge is 0.448 e. The van der Waals surface area contributed by atoms with Gasteiger partial charge in [0.15, 0.2) is 11.8 Å². The van der Waals surface area contributed by atoms with Crippen LogP contribution < -0.4 is 10.5 Å². The van der Waals surface area contributed by atoms with Crippen LogP contribution in [0.1, 0.15) is 28.7 Å². The molecule has 1 atom stereocenters. The molecule has 0 aliphatic heterocycles. The SMILES string of the molecule is Cc1cccc2nc(C(=O)OC(C)C(=O)NCCc3ccc(S(N)(=O)=O)cc3)cn12. The summed E-state index contributed by atoms with van der Waals surface area (Å²) in [6, 6.07) is 11.6. The highest BCUT2D eigenvalue weighted by Crippen LogP contribution is 2.11. The van der Waals surface area contributed by atoms with Crippen molar-refractivity contribution in [1.29, 1.82) is 0 Å². The Kier molecular flexibility index (Phi) is 6.18. The van der Waals surface area contributed by atoms with Crippen LogP contribution in [-0.4, -0.2) is 42.3 Å². The number of hydrogen-bond acceptors (Lipinski definition) is 6. The summed E-state index contributed by atoms with van der Waals surface area (Å²) in [4.78, 5) is 28.8. The zero-order valence-electron chi connectivity index (χ0n) is 16.5. The molecule has 1 amide bonds. The number of aromatic nitrogens is 2. The van der Waals surface area contributed by atoms with Crippen molar-refractivity contribution < 1.29 is 22.7 Å². The fraction of sp³-hybridized carbons (Fsp3) is 0.250. The van der Waals surface area contributed by atoms with E-state index in [1.54, 1.807) is 28.8 Å². The van der Waals surface area contributed by atoms with Crippen LogP contribution in [0.2, 0.25) is 0 Å². The van der Waals surface area contributed by atoms with Gasteiger partial charge < -0.3 is 14.5 Å². The Balaban J connectivity index is 1.51. The standard InChI is InChI=1S/C20H22N4O5S/c1-13-4-3-5-18-23-17(12-24(13)18)20(26)29-14(2)19(25)22-11-10-15-6-8-16(9-7-15)30(21,27)28/h3-9,12,14H,10-11H2,1-2H3,(H,22,25)(H2,21,27,28). The molecule has 0 bridgehead atoms. The number of ether oxygens (including phenoxy) is 1. The molecule has 1 aromatic carbocycles. The molecule has 9 nitrogen and oxygen atoms in total. The number of hydrogen-bond donors (Lipinski definition) is 2. The van der Waals surface area contributed by atoms with Crippen molar-refractivity contribution in [2.24, 2.45) is 5.14 Å². The highest BCUT2D eigenvalue weighted by Gasteiger charge is 2.21. The molecule has 0 aliphatic carbocycles. The summed E-state index contributed by atoms with van der Waals surface area (Å²) < 4.78 is 29.5. The second-order valence-corrected chi connectivity index (χ2v) is 8.36. The Hall–Kier alpha value is -3.24. The molecule has 158 valence electrons. The zero-order chi connectivity index (χ0) is 21.9. The average molecular weight is 430 g/mol. The van der Waals surface area contributed by atoms with Crippen molar-refractivity contribution in [3.63, 3.8) is 0 Å². The average Bonchev–Trinajstić information content (AvgIpc) is 3.13. The van der Waals surface area contributed by atoms with Crippen LogP contribution >= 0.6 is 0 Å². The van der Waals surface area contributed by atoms with Gasteiger partial charge in [0, 0.05) is 18.4 Å². The number of amides is 1. The highest BCUT2D eigenvalue weighted by atomic mass is 32.2. The normalized spacial score (nSPS) is 12.5. The van der Waals surface area contributed by atoms with Gasteiger partial charge in [0.1, 0.15) is 5.65 Å². The predicted molar refractivity (Wildman–Crippen MR) is 109 cm³/mol. The highest BCUT2D eigenvalue weighted by molar-refractivity contribution is 7.89. The fourth-order valence-electron chi connectivity index (χ4n) is 2.84. The summed E-state index contributed by atoms with van der Waals surface area (Å²) in [5, 5.41) is 7.74. The topological polar surface area (TPSA) is 133 Å². The first-order valence-corrected chi connectivity index (χ1v) is 10.7. The number of pyridine rings is 1. The molecule has 3 rings (SSSR count). The van der Waals surface area contributed by atoms with E-state index in [1.807, 2.05) is 19.1 Å². The van der Waals surface area contributed by atoms with Crippen molar-refractivity contribution in [1.82, 2.24) is 14.7 Å². The van der Waals surface area contributed by atoms with E-state index in [9.17, 15) is 18.0 Å². The summed E-state index contributed by atoms with van der Waals surface area (Å²) in [6.07, 6.45) is 1.06. The maximum absolute atomic E-state index is 12.3. The Labute approximate surface area is 173 Å². The predicted octanol–water partition coefficient (Wildman–Crippen LogP) is 1.19. The van der Waals surface area contributed by atoms with Gasteiger partial charge in [-0.1, -0.05) is 18.2 Å². The molecule has 0 saturated heterocycles. The number of carbonyl (C=O) groups excluding carboxylic acids is 2. The minimum atomic E-state index is -3.74. The van der Waals surface area contributed by atoms with Crippen LogP contribution in [0.25, 0.3) is 5.65 Å². The Morgan fingerprint density at radius 2 is 1.90 bits per heavy atom. The van der Waals surface area contributed by atoms with E-state index >= 15 is 0 Å². The molecule has 2 heterocycles. The quantitative estimate of drug-likeness (QED) is 0.541. The fourth-order valence-corrected chi connectivity index (χ4v) is 3.36. The summed E-state index contributed by atoms with van der Waals surface area (Å²) in [7, 11) is -3.74. The van der Waals surface area contributed by atoms with E-state index < -0.39 is 28.0 Å². The van der Waals surface area contributed by atoms with Crippen molar-refractivity contribution in [3.05, 3.63) is 65.6 Å². The summed E-state index contributed by atoms with van der Waals surface area (Å²) >= 11 is 0. The van der Waals surface area contributed by atoms with Gasteiger partial charge in [0.05, 0.1) is 4.90 Å². The second kappa shape index (κ2) is 8.64. The van der Waals surface area contributed by atoms with Crippen LogP contribution in [0.4, 0.5) is 0 Å². The first-order valence-electron chi connectivity index (χ1n) is 9.20. The van der Waals surface area contributed by atoms with Crippen LogP contribution in [-0.2, 0) is 26.0 Å². The maximum Gasteiger partial charge on any atom is 0.359 e. The van der Waals surface area contributed by atoms with Crippen molar-refractivity contribution in [2.45, 2.75) is 31.3 Å². The second-order valence-electron chi connectivity index (χ2n) is 6.80. The number of sulfonamides is 1. The third-order valence-electron chi connectivity index (χ3n) is 4.52. The number of nitrogens with one attached hydrogen (secondary N) is 1. The van der Waals surface area contributed by atoms with Gasteiger partial charge in [-0.15, -0.1) is 0 Å². The monoisotopic (exact) mass is 430 g/mol. The van der Waals surface area contributed by atoms with Crippen molar-refractivity contribution in [3.8, 4) is 0 Å². The molecule has 10 heteroatoms. The molecule has 3 aromatic rings. The lowest BCUT2D eigenvalue weighted by Gasteiger charge is -2.12. The van der Waals surface area contributed by atoms with Crippen molar-refractivity contribution in [2.75, 3.05) is 6.54 Å². The molecule has 0 aliphatic rings. The van der Waals surface area contributed by atoms with E-state index in [0.717, 1.165) is 11.3 Å². The number of rotatable bonds is 7. The van der Waals surface area contributed by atoms with E-state index in [4.69, 9.17) is 9.88 Å². The summed E-state index contributed by atoms with van der Waals surface area (Å²) in [6.45, 7) is 3.67.